The Kier molecular flexibility index (Phi) is 2.44. The van der Waals surface area contributed by atoms with E-state index < -0.39 is 11.5 Å². The van der Waals surface area contributed by atoms with Gasteiger partial charge >= 0.3 is 5.97 Å². The van der Waals surface area contributed by atoms with Crippen LogP contribution in [0, 0.1) is 0 Å². The van der Waals surface area contributed by atoms with E-state index in [1.54, 1.807) is 23.1 Å². The van der Waals surface area contributed by atoms with Crippen molar-refractivity contribution in [2.45, 2.75) is 24.8 Å². The van der Waals surface area contributed by atoms with Gasteiger partial charge in [0.05, 0.1) is 0 Å². The van der Waals surface area contributed by atoms with E-state index in [1.165, 1.54) is 5.56 Å². The van der Waals surface area contributed by atoms with Gasteiger partial charge in [-0.2, -0.15) is 5.10 Å². The second-order valence-corrected chi connectivity index (χ2v) is 4.73. The highest BCUT2D eigenvalue weighted by molar-refractivity contribution is 5.77. The highest BCUT2D eigenvalue weighted by Crippen LogP contribution is 2.34. The van der Waals surface area contributed by atoms with Gasteiger partial charge in [0.15, 0.2) is 5.54 Å². The fourth-order valence-electron chi connectivity index (χ4n) is 2.72. The average Bonchev–Trinajstić information content (AvgIpc) is 2.92. The van der Waals surface area contributed by atoms with Gasteiger partial charge in [-0.15, -0.1) is 0 Å². The molecule has 1 aromatic carbocycles. The van der Waals surface area contributed by atoms with Gasteiger partial charge in [0.1, 0.15) is 0 Å². The molecular weight excluding hydrogens is 228 g/mol. The summed E-state index contributed by atoms with van der Waals surface area (Å²) in [6.07, 6.45) is 5.23. The molecule has 0 bridgehead atoms. The molecule has 1 atom stereocenters. The summed E-state index contributed by atoms with van der Waals surface area (Å²) in [6.45, 7) is 0. The molecule has 1 N–H and O–H groups in total. The lowest BCUT2D eigenvalue weighted by Crippen LogP contribution is -2.46. The summed E-state index contributed by atoms with van der Waals surface area (Å²) in [7, 11) is 0. The summed E-state index contributed by atoms with van der Waals surface area (Å²) < 4.78 is 1.59. The molecule has 2 aromatic rings. The molecule has 0 aliphatic heterocycles. The second-order valence-electron chi connectivity index (χ2n) is 4.73. The predicted molar refractivity (Wildman–Crippen MR) is 66.3 cm³/mol. The quantitative estimate of drug-likeness (QED) is 0.874. The normalized spacial score (nSPS) is 22.4. The minimum atomic E-state index is -0.933. The van der Waals surface area contributed by atoms with E-state index in [9.17, 15) is 9.90 Å². The average molecular weight is 242 g/mol. The van der Waals surface area contributed by atoms with Crippen molar-refractivity contribution in [3.63, 3.8) is 0 Å². The molecule has 18 heavy (non-hydrogen) atoms. The summed E-state index contributed by atoms with van der Waals surface area (Å²) >= 11 is 0. The third-order valence-corrected chi connectivity index (χ3v) is 3.75. The lowest BCUT2D eigenvalue weighted by molar-refractivity contribution is -0.149. The predicted octanol–water partition coefficient (Wildman–Crippen LogP) is 1.85. The van der Waals surface area contributed by atoms with Crippen LogP contribution < -0.4 is 0 Å². The molecule has 1 aliphatic carbocycles. The fraction of sp³-hybridized carbons (Fsp3) is 0.286. The largest absolute Gasteiger partial charge is 0.479 e. The first-order valence-corrected chi connectivity index (χ1v) is 6.03. The van der Waals surface area contributed by atoms with Gasteiger partial charge in [-0.05, 0) is 30.0 Å². The van der Waals surface area contributed by atoms with Crippen molar-refractivity contribution in [2.24, 2.45) is 0 Å². The fourth-order valence-corrected chi connectivity index (χ4v) is 2.72. The first-order chi connectivity index (χ1) is 8.72. The van der Waals surface area contributed by atoms with Crippen LogP contribution in [0.2, 0.25) is 0 Å². The van der Waals surface area contributed by atoms with Crippen LogP contribution in [0.25, 0.3) is 0 Å². The van der Waals surface area contributed by atoms with Crippen LogP contribution >= 0.6 is 0 Å². The number of hydrogen-bond acceptors (Lipinski definition) is 2. The van der Waals surface area contributed by atoms with E-state index in [-0.39, 0.29) is 0 Å². The monoisotopic (exact) mass is 242 g/mol. The zero-order valence-corrected chi connectivity index (χ0v) is 9.91. The van der Waals surface area contributed by atoms with Crippen molar-refractivity contribution in [1.82, 2.24) is 9.78 Å². The van der Waals surface area contributed by atoms with Gasteiger partial charge < -0.3 is 5.11 Å². The molecule has 3 rings (SSSR count). The Morgan fingerprint density at radius 1 is 1.28 bits per heavy atom. The number of aromatic nitrogens is 2. The van der Waals surface area contributed by atoms with Crippen molar-refractivity contribution < 1.29 is 9.90 Å². The Morgan fingerprint density at radius 2 is 2.06 bits per heavy atom. The zero-order valence-electron chi connectivity index (χ0n) is 9.91. The van der Waals surface area contributed by atoms with Gasteiger partial charge in [-0.25, -0.2) is 4.79 Å². The van der Waals surface area contributed by atoms with E-state index in [0.29, 0.717) is 12.8 Å². The standard InChI is InChI=1S/C14H14N2O2/c17-13(18)14(16-9-3-8-15-16)7-6-11-4-1-2-5-12(11)10-14/h1-5,8-9H,6-7,10H2,(H,17,18). The lowest BCUT2D eigenvalue weighted by atomic mass is 9.78. The van der Waals surface area contributed by atoms with E-state index in [1.807, 2.05) is 18.2 Å². The molecule has 0 fully saturated rings. The van der Waals surface area contributed by atoms with Crippen LogP contribution in [0.15, 0.2) is 42.7 Å². The highest BCUT2D eigenvalue weighted by atomic mass is 16.4. The van der Waals surface area contributed by atoms with Gasteiger partial charge in [0, 0.05) is 18.8 Å². The molecule has 0 radical (unpaired) electrons. The maximum Gasteiger partial charge on any atom is 0.332 e. The number of carboxylic acids is 1. The van der Waals surface area contributed by atoms with Crippen LogP contribution in [0.3, 0.4) is 0 Å². The first kappa shape index (κ1) is 11.0. The van der Waals surface area contributed by atoms with Crippen molar-refractivity contribution in [2.75, 3.05) is 0 Å². The van der Waals surface area contributed by atoms with Gasteiger partial charge in [0.2, 0.25) is 0 Å². The van der Waals surface area contributed by atoms with Crippen LogP contribution in [-0.2, 0) is 23.2 Å². The zero-order chi connectivity index (χ0) is 12.6. The lowest BCUT2D eigenvalue weighted by Gasteiger charge is -2.34. The number of aliphatic carboxylic acids is 1. The van der Waals surface area contributed by atoms with E-state index in [0.717, 1.165) is 12.0 Å². The molecular formula is C14H14N2O2. The molecule has 1 aliphatic rings. The Labute approximate surface area is 105 Å². The maximum atomic E-state index is 11.7. The molecule has 1 heterocycles. The number of benzene rings is 1. The summed E-state index contributed by atoms with van der Waals surface area (Å²) in [6, 6.07) is 9.81. The molecule has 92 valence electrons. The van der Waals surface area contributed by atoms with Crippen LogP contribution in [0.1, 0.15) is 17.5 Å². The number of carboxylic acid groups (broad SMARTS) is 1. The molecule has 0 saturated heterocycles. The number of hydrogen-bond donors (Lipinski definition) is 1. The summed E-state index contributed by atoms with van der Waals surface area (Å²) in [5.74, 6) is -0.805. The van der Waals surface area contributed by atoms with Crippen molar-refractivity contribution in [3.8, 4) is 0 Å². The molecule has 0 spiro atoms. The Balaban J connectivity index is 2.08. The molecule has 1 aromatic heterocycles. The number of aryl methyl sites for hydroxylation is 1. The Morgan fingerprint density at radius 3 is 2.72 bits per heavy atom. The van der Waals surface area contributed by atoms with Crippen molar-refractivity contribution in [3.05, 3.63) is 53.9 Å². The SMILES string of the molecule is O=C(O)C1(n2cccn2)CCc2ccccc2C1. The highest BCUT2D eigenvalue weighted by Gasteiger charge is 2.43. The minimum Gasteiger partial charge on any atom is -0.479 e. The summed E-state index contributed by atoms with van der Waals surface area (Å²) in [5.41, 5.74) is 1.43. The van der Waals surface area contributed by atoms with E-state index >= 15 is 0 Å². The molecule has 4 heteroatoms. The second kappa shape index (κ2) is 3.98. The van der Waals surface area contributed by atoms with Gasteiger partial charge in [0.25, 0.3) is 0 Å². The Bertz CT molecular complexity index is 577. The molecule has 0 amide bonds. The van der Waals surface area contributed by atoms with Gasteiger partial charge in [-0.1, -0.05) is 24.3 Å². The molecule has 1 unspecified atom stereocenters. The Hall–Kier alpha value is -2.10. The van der Waals surface area contributed by atoms with Crippen molar-refractivity contribution in [1.29, 1.82) is 0 Å². The van der Waals surface area contributed by atoms with E-state index in [4.69, 9.17) is 0 Å². The number of carbonyl (C=O) groups is 1. The van der Waals surface area contributed by atoms with Crippen LogP contribution in [0.5, 0.6) is 0 Å². The van der Waals surface area contributed by atoms with Crippen LogP contribution in [0.4, 0.5) is 0 Å². The minimum absolute atomic E-state index is 0.500. The number of rotatable bonds is 2. The van der Waals surface area contributed by atoms with E-state index in [2.05, 4.69) is 11.2 Å². The molecule has 0 saturated carbocycles. The van der Waals surface area contributed by atoms with Crippen LogP contribution in [-0.4, -0.2) is 20.9 Å². The smallest absolute Gasteiger partial charge is 0.332 e. The van der Waals surface area contributed by atoms with Crippen molar-refractivity contribution >= 4 is 5.97 Å². The third-order valence-electron chi connectivity index (χ3n) is 3.75. The first-order valence-electron chi connectivity index (χ1n) is 6.03. The summed E-state index contributed by atoms with van der Waals surface area (Å²) in [4.78, 5) is 11.7. The van der Waals surface area contributed by atoms with Gasteiger partial charge in [-0.3, -0.25) is 4.68 Å². The maximum absolute atomic E-state index is 11.7. The summed E-state index contributed by atoms with van der Waals surface area (Å²) in [5, 5.41) is 13.8. The third kappa shape index (κ3) is 1.53. The molecule has 4 nitrogen and oxygen atoms in total. The number of nitrogens with zero attached hydrogens (tertiary/aromatic N) is 2. The number of fused-ring (bicyclic) bond motifs is 1. The topological polar surface area (TPSA) is 55.1 Å².